The molecule has 0 heterocycles. The standard InChI is InChI=1S/C11H18/c1-2-8-4-10-6-9(3-1)7-11(10)5-8/h8-11H,1-7H2. The van der Waals surface area contributed by atoms with Gasteiger partial charge in [-0.05, 0) is 49.4 Å². The van der Waals surface area contributed by atoms with Crippen LogP contribution >= 0.6 is 0 Å². The predicted molar refractivity (Wildman–Crippen MR) is 46.3 cm³/mol. The average molecular weight is 150 g/mol. The van der Waals surface area contributed by atoms with Crippen molar-refractivity contribution in [2.45, 2.75) is 44.9 Å². The zero-order valence-electron chi connectivity index (χ0n) is 7.26. The Hall–Kier alpha value is 0. The fourth-order valence-corrected chi connectivity index (χ4v) is 4.03. The second-order valence-corrected chi connectivity index (χ2v) is 5.13. The third-order valence-electron chi connectivity index (χ3n) is 4.44. The van der Waals surface area contributed by atoms with E-state index < -0.39 is 0 Å². The van der Waals surface area contributed by atoms with Gasteiger partial charge < -0.3 is 0 Å². The van der Waals surface area contributed by atoms with Crippen LogP contribution in [0.3, 0.4) is 0 Å². The molecule has 0 spiro atoms. The lowest BCUT2D eigenvalue weighted by Crippen LogP contribution is -2.06. The first-order valence-corrected chi connectivity index (χ1v) is 5.42. The van der Waals surface area contributed by atoms with Crippen LogP contribution in [-0.4, -0.2) is 0 Å². The van der Waals surface area contributed by atoms with Crippen LogP contribution in [-0.2, 0) is 0 Å². The van der Waals surface area contributed by atoms with Gasteiger partial charge in [0.15, 0.2) is 0 Å². The maximum Gasteiger partial charge on any atom is -0.0380 e. The molecule has 0 atom stereocenters. The molecule has 0 saturated heterocycles. The summed E-state index contributed by atoms with van der Waals surface area (Å²) in [5.41, 5.74) is 0. The number of rotatable bonds is 0. The second-order valence-electron chi connectivity index (χ2n) is 5.13. The molecule has 11 heavy (non-hydrogen) atoms. The van der Waals surface area contributed by atoms with E-state index in [-0.39, 0.29) is 0 Å². The molecule has 0 amide bonds. The van der Waals surface area contributed by atoms with Crippen LogP contribution in [0.4, 0.5) is 0 Å². The largest absolute Gasteiger partial charge is 0.0528 e. The van der Waals surface area contributed by atoms with E-state index in [1.54, 1.807) is 44.9 Å². The predicted octanol–water partition coefficient (Wildman–Crippen LogP) is 3.22. The SMILES string of the molecule is C1CC2CC3CC(C1)CC3C2. The number of hydrogen-bond donors (Lipinski definition) is 0. The van der Waals surface area contributed by atoms with E-state index >= 15 is 0 Å². The first-order valence-electron chi connectivity index (χ1n) is 5.42. The Kier molecular flexibility index (Phi) is 1.33. The first-order chi connectivity index (χ1) is 5.42. The van der Waals surface area contributed by atoms with Gasteiger partial charge in [-0.2, -0.15) is 0 Å². The van der Waals surface area contributed by atoms with Crippen LogP contribution in [0.25, 0.3) is 0 Å². The van der Waals surface area contributed by atoms with E-state index in [9.17, 15) is 0 Å². The molecule has 4 aliphatic carbocycles. The Morgan fingerprint density at radius 1 is 0.636 bits per heavy atom. The summed E-state index contributed by atoms with van der Waals surface area (Å²) >= 11 is 0. The molecule has 0 N–H and O–H groups in total. The third kappa shape index (κ3) is 0.947. The minimum absolute atomic E-state index is 1.16. The van der Waals surface area contributed by atoms with Gasteiger partial charge in [0.05, 0.1) is 0 Å². The smallest absolute Gasteiger partial charge is 0.0380 e. The topological polar surface area (TPSA) is 0 Å². The van der Waals surface area contributed by atoms with Crippen LogP contribution in [0.15, 0.2) is 0 Å². The Labute approximate surface area is 69.4 Å². The Morgan fingerprint density at radius 2 is 1.09 bits per heavy atom. The second kappa shape index (κ2) is 2.24. The lowest BCUT2D eigenvalue weighted by Gasteiger charge is -2.19. The highest BCUT2D eigenvalue weighted by atomic mass is 14.5. The van der Waals surface area contributed by atoms with Crippen molar-refractivity contribution in [3.63, 3.8) is 0 Å². The molecular formula is C11H18. The summed E-state index contributed by atoms with van der Waals surface area (Å²) < 4.78 is 0. The van der Waals surface area contributed by atoms with E-state index in [1.165, 1.54) is 11.8 Å². The molecule has 0 radical (unpaired) electrons. The van der Waals surface area contributed by atoms with Crippen molar-refractivity contribution < 1.29 is 0 Å². The van der Waals surface area contributed by atoms with Gasteiger partial charge in [0.25, 0.3) is 0 Å². The molecule has 0 aromatic heterocycles. The molecule has 0 aliphatic heterocycles. The molecule has 0 aromatic rings. The van der Waals surface area contributed by atoms with E-state index in [2.05, 4.69) is 0 Å². The molecule has 0 heteroatoms. The maximum atomic E-state index is 1.61. The van der Waals surface area contributed by atoms with Crippen LogP contribution in [0, 0.1) is 23.7 Å². The summed E-state index contributed by atoms with van der Waals surface area (Å²) in [5.74, 6) is 4.69. The highest BCUT2D eigenvalue weighted by Crippen LogP contribution is 2.53. The van der Waals surface area contributed by atoms with E-state index in [4.69, 9.17) is 0 Å². The van der Waals surface area contributed by atoms with Crippen molar-refractivity contribution in [2.24, 2.45) is 23.7 Å². The van der Waals surface area contributed by atoms with Gasteiger partial charge in [-0.1, -0.05) is 19.3 Å². The van der Waals surface area contributed by atoms with E-state index in [0.717, 1.165) is 11.8 Å². The fourth-order valence-electron chi connectivity index (χ4n) is 4.03. The number of hydrogen-bond acceptors (Lipinski definition) is 0. The summed E-state index contributed by atoms with van der Waals surface area (Å²) in [4.78, 5) is 0. The van der Waals surface area contributed by atoms with Gasteiger partial charge in [-0.15, -0.1) is 0 Å². The molecule has 0 nitrogen and oxygen atoms in total. The van der Waals surface area contributed by atoms with Crippen LogP contribution in [0.1, 0.15) is 44.9 Å². The monoisotopic (exact) mass is 150 g/mol. The summed E-state index contributed by atoms with van der Waals surface area (Å²) in [5, 5.41) is 0. The molecular weight excluding hydrogens is 132 g/mol. The lowest BCUT2D eigenvalue weighted by molar-refractivity contribution is 0.330. The average Bonchev–Trinajstić information content (AvgIpc) is 2.33. The molecule has 0 unspecified atom stereocenters. The van der Waals surface area contributed by atoms with Crippen LogP contribution in [0.2, 0.25) is 0 Å². The van der Waals surface area contributed by atoms with Gasteiger partial charge in [0.1, 0.15) is 0 Å². The summed E-state index contributed by atoms with van der Waals surface area (Å²) in [6, 6.07) is 0. The minimum Gasteiger partial charge on any atom is -0.0528 e. The van der Waals surface area contributed by atoms with Crippen molar-refractivity contribution in [3.8, 4) is 0 Å². The highest BCUT2D eigenvalue weighted by Gasteiger charge is 2.42. The quantitative estimate of drug-likeness (QED) is 0.497. The highest BCUT2D eigenvalue weighted by molar-refractivity contribution is 4.93. The van der Waals surface area contributed by atoms with Crippen molar-refractivity contribution >= 4 is 0 Å². The van der Waals surface area contributed by atoms with E-state index in [0.29, 0.717) is 0 Å². The zero-order valence-corrected chi connectivity index (χ0v) is 7.26. The first kappa shape index (κ1) is 6.51. The van der Waals surface area contributed by atoms with Crippen LogP contribution in [0.5, 0.6) is 0 Å². The van der Waals surface area contributed by atoms with Gasteiger partial charge in [0, 0.05) is 0 Å². The van der Waals surface area contributed by atoms with Crippen molar-refractivity contribution in [2.75, 3.05) is 0 Å². The van der Waals surface area contributed by atoms with Gasteiger partial charge in [0.2, 0.25) is 0 Å². The maximum absolute atomic E-state index is 1.61. The molecule has 4 aliphatic rings. The van der Waals surface area contributed by atoms with Gasteiger partial charge in [-0.3, -0.25) is 0 Å². The van der Waals surface area contributed by atoms with Crippen molar-refractivity contribution in [3.05, 3.63) is 0 Å². The normalized spacial score (nSPS) is 54.5. The third-order valence-corrected chi connectivity index (χ3v) is 4.44. The van der Waals surface area contributed by atoms with Gasteiger partial charge >= 0.3 is 0 Å². The van der Waals surface area contributed by atoms with Crippen LogP contribution < -0.4 is 0 Å². The van der Waals surface area contributed by atoms with Crippen molar-refractivity contribution in [1.29, 1.82) is 0 Å². The molecule has 4 bridgehead atoms. The van der Waals surface area contributed by atoms with Gasteiger partial charge in [-0.25, -0.2) is 0 Å². The summed E-state index contributed by atoms with van der Waals surface area (Å²) in [6.07, 6.45) is 11.1. The summed E-state index contributed by atoms with van der Waals surface area (Å²) in [6.45, 7) is 0. The molecule has 4 saturated carbocycles. The Bertz CT molecular complexity index is 131. The summed E-state index contributed by atoms with van der Waals surface area (Å²) in [7, 11) is 0. The zero-order chi connectivity index (χ0) is 7.26. The lowest BCUT2D eigenvalue weighted by atomic mass is 9.87. The Balaban J connectivity index is 1.86. The molecule has 0 aromatic carbocycles. The molecule has 4 rings (SSSR count). The molecule has 4 fully saturated rings. The molecule has 62 valence electrons. The fraction of sp³-hybridized carbons (Fsp3) is 1.00. The van der Waals surface area contributed by atoms with E-state index in [1.807, 2.05) is 0 Å². The minimum atomic E-state index is 1.16. The van der Waals surface area contributed by atoms with Crippen molar-refractivity contribution in [1.82, 2.24) is 0 Å². The Morgan fingerprint density at radius 3 is 1.55 bits per heavy atom. The number of fused-ring (bicyclic) bond motifs is 2.